The Morgan fingerprint density at radius 3 is 2.68 bits per heavy atom. The number of anilines is 1. The van der Waals surface area contributed by atoms with E-state index < -0.39 is 0 Å². The smallest absolute Gasteiger partial charge is 0.242 e. The SMILES string of the molecule is COc1ccc(C2CC(C(=O)Nc3cccc(C)c3)NN2)c(OC)c1. The van der Waals surface area contributed by atoms with E-state index in [-0.39, 0.29) is 18.0 Å². The summed E-state index contributed by atoms with van der Waals surface area (Å²) in [6.45, 7) is 2.00. The maximum atomic E-state index is 12.5. The van der Waals surface area contributed by atoms with Gasteiger partial charge in [0.1, 0.15) is 17.5 Å². The second-order valence-corrected chi connectivity index (χ2v) is 6.10. The lowest BCUT2D eigenvalue weighted by Crippen LogP contribution is -2.39. The second kappa shape index (κ2) is 7.55. The van der Waals surface area contributed by atoms with E-state index in [9.17, 15) is 4.79 Å². The molecule has 0 aliphatic carbocycles. The van der Waals surface area contributed by atoms with E-state index in [1.807, 2.05) is 49.4 Å². The third-order valence-corrected chi connectivity index (χ3v) is 4.32. The first kappa shape index (κ1) is 17.3. The van der Waals surface area contributed by atoms with E-state index in [4.69, 9.17) is 9.47 Å². The predicted molar refractivity (Wildman–Crippen MR) is 96.8 cm³/mol. The van der Waals surface area contributed by atoms with Crippen LogP contribution in [0.4, 0.5) is 5.69 Å². The summed E-state index contributed by atoms with van der Waals surface area (Å²) in [7, 11) is 3.25. The molecule has 1 heterocycles. The molecule has 6 nitrogen and oxygen atoms in total. The number of nitrogens with one attached hydrogen (secondary N) is 3. The minimum absolute atomic E-state index is 0.0193. The monoisotopic (exact) mass is 341 g/mol. The Hall–Kier alpha value is -2.57. The molecule has 1 aliphatic rings. The number of methoxy groups -OCH3 is 2. The zero-order valence-corrected chi connectivity index (χ0v) is 14.6. The maximum absolute atomic E-state index is 12.5. The molecule has 3 rings (SSSR count). The van der Waals surface area contributed by atoms with Gasteiger partial charge >= 0.3 is 0 Å². The van der Waals surface area contributed by atoms with Crippen LogP contribution in [0.15, 0.2) is 42.5 Å². The van der Waals surface area contributed by atoms with Crippen molar-refractivity contribution in [2.75, 3.05) is 19.5 Å². The molecule has 0 saturated carbocycles. The summed E-state index contributed by atoms with van der Waals surface area (Å²) >= 11 is 0. The first-order valence-electron chi connectivity index (χ1n) is 8.21. The zero-order valence-electron chi connectivity index (χ0n) is 14.6. The molecule has 1 fully saturated rings. The van der Waals surface area contributed by atoms with Gasteiger partial charge in [0.05, 0.1) is 20.3 Å². The lowest BCUT2D eigenvalue weighted by molar-refractivity contribution is -0.117. The van der Waals surface area contributed by atoms with Crippen LogP contribution in [0.1, 0.15) is 23.6 Å². The van der Waals surface area contributed by atoms with Gasteiger partial charge in [-0.05, 0) is 37.1 Å². The molecule has 3 N–H and O–H groups in total. The van der Waals surface area contributed by atoms with Gasteiger partial charge in [-0.1, -0.05) is 18.2 Å². The standard InChI is InChI=1S/C19H23N3O3/c1-12-5-4-6-13(9-12)20-19(23)17-11-16(21-22-17)15-8-7-14(24-2)10-18(15)25-3/h4-10,16-17,21-22H,11H2,1-3H3,(H,20,23). The van der Waals surface area contributed by atoms with Crippen molar-refractivity contribution in [2.45, 2.75) is 25.4 Å². The molecule has 2 unspecified atom stereocenters. The summed E-state index contributed by atoms with van der Waals surface area (Å²) in [6, 6.07) is 13.1. The summed E-state index contributed by atoms with van der Waals surface area (Å²) in [4.78, 5) is 12.5. The minimum Gasteiger partial charge on any atom is -0.497 e. The highest BCUT2D eigenvalue weighted by atomic mass is 16.5. The van der Waals surface area contributed by atoms with E-state index in [1.165, 1.54) is 0 Å². The van der Waals surface area contributed by atoms with Crippen LogP contribution in [0.2, 0.25) is 0 Å². The average molecular weight is 341 g/mol. The Labute approximate surface area is 147 Å². The van der Waals surface area contributed by atoms with Crippen LogP contribution in [0.25, 0.3) is 0 Å². The Balaban J connectivity index is 1.68. The van der Waals surface area contributed by atoms with Crippen LogP contribution >= 0.6 is 0 Å². The first-order valence-corrected chi connectivity index (χ1v) is 8.21. The van der Waals surface area contributed by atoms with Crippen molar-refractivity contribution < 1.29 is 14.3 Å². The highest BCUT2D eigenvalue weighted by Gasteiger charge is 2.31. The number of aryl methyl sites for hydroxylation is 1. The fraction of sp³-hybridized carbons (Fsp3) is 0.316. The van der Waals surface area contributed by atoms with Gasteiger partial charge in [-0.2, -0.15) is 0 Å². The molecule has 0 aromatic heterocycles. The van der Waals surface area contributed by atoms with Crippen molar-refractivity contribution in [3.63, 3.8) is 0 Å². The summed E-state index contributed by atoms with van der Waals surface area (Å²) in [6.07, 6.45) is 0.625. The fourth-order valence-electron chi connectivity index (χ4n) is 2.99. The van der Waals surface area contributed by atoms with Crippen LogP contribution in [-0.4, -0.2) is 26.2 Å². The first-order chi connectivity index (χ1) is 12.1. The molecule has 6 heteroatoms. The van der Waals surface area contributed by atoms with E-state index in [0.717, 1.165) is 28.3 Å². The van der Waals surface area contributed by atoms with E-state index in [2.05, 4.69) is 16.2 Å². The molecule has 0 spiro atoms. The van der Waals surface area contributed by atoms with Crippen LogP contribution in [-0.2, 0) is 4.79 Å². The maximum Gasteiger partial charge on any atom is 0.242 e. The molecule has 1 aliphatic heterocycles. The van der Waals surface area contributed by atoms with Crippen molar-refractivity contribution in [1.82, 2.24) is 10.9 Å². The largest absolute Gasteiger partial charge is 0.497 e. The highest BCUT2D eigenvalue weighted by molar-refractivity contribution is 5.95. The predicted octanol–water partition coefficient (Wildman–Crippen LogP) is 2.56. The van der Waals surface area contributed by atoms with Crippen molar-refractivity contribution >= 4 is 11.6 Å². The number of carbonyl (C=O) groups is 1. The minimum atomic E-state index is -0.322. The topological polar surface area (TPSA) is 71.6 Å². The number of hydrazine groups is 1. The molecular weight excluding hydrogens is 318 g/mol. The normalized spacial score (nSPS) is 19.5. The van der Waals surface area contributed by atoms with E-state index in [1.54, 1.807) is 14.2 Å². The Morgan fingerprint density at radius 1 is 1.12 bits per heavy atom. The van der Waals surface area contributed by atoms with Gasteiger partial charge in [0.2, 0.25) is 5.91 Å². The molecular formula is C19H23N3O3. The lowest BCUT2D eigenvalue weighted by atomic mass is 10.0. The Bertz CT molecular complexity index is 763. The molecule has 132 valence electrons. The van der Waals surface area contributed by atoms with Gasteiger partial charge in [0, 0.05) is 17.3 Å². The summed E-state index contributed by atoms with van der Waals surface area (Å²) in [5.74, 6) is 1.41. The van der Waals surface area contributed by atoms with Crippen LogP contribution < -0.4 is 25.6 Å². The highest BCUT2D eigenvalue weighted by Crippen LogP contribution is 2.33. The number of hydrogen-bond donors (Lipinski definition) is 3. The molecule has 1 saturated heterocycles. The van der Waals surface area contributed by atoms with Gasteiger partial charge in [-0.3, -0.25) is 4.79 Å². The fourth-order valence-corrected chi connectivity index (χ4v) is 2.99. The number of carbonyl (C=O) groups excluding carboxylic acids is 1. The van der Waals surface area contributed by atoms with Crippen molar-refractivity contribution in [3.8, 4) is 11.5 Å². The van der Waals surface area contributed by atoms with Gasteiger partial charge in [-0.15, -0.1) is 0 Å². The van der Waals surface area contributed by atoms with Gasteiger partial charge in [-0.25, -0.2) is 10.9 Å². The van der Waals surface area contributed by atoms with Gasteiger partial charge in [0.25, 0.3) is 0 Å². The number of benzene rings is 2. The summed E-state index contributed by atoms with van der Waals surface area (Å²) in [5, 5.41) is 2.95. The number of rotatable bonds is 5. The molecule has 2 atom stereocenters. The van der Waals surface area contributed by atoms with Crippen LogP contribution in [0, 0.1) is 6.92 Å². The number of hydrogen-bond acceptors (Lipinski definition) is 5. The van der Waals surface area contributed by atoms with E-state index in [0.29, 0.717) is 6.42 Å². The summed E-state index contributed by atoms with van der Waals surface area (Å²) < 4.78 is 10.7. The molecule has 0 radical (unpaired) electrons. The number of amides is 1. The lowest BCUT2D eigenvalue weighted by Gasteiger charge is -2.15. The average Bonchev–Trinajstić information content (AvgIpc) is 3.11. The van der Waals surface area contributed by atoms with Crippen LogP contribution in [0.5, 0.6) is 11.5 Å². The molecule has 0 bridgehead atoms. The third kappa shape index (κ3) is 3.92. The Morgan fingerprint density at radius 2 is 1.96 bits per heavy atom. The van der Waals surface area contributed by atoms with Gasteiger partial charge < -0.3 is 14.8 Å². The Kier molecular flexibility index (Phi) is 5.21. The number of ether oxygens (including phenoxy) is 2. The quantitative estimate of drug-likeness (QED) is 0.780. The van der Waals surface area contributed by atoms with Crippen molar-refractivity contribution in [2.24, 2.45) is 0 Å². The van der Waals surface area contributed by atoms with Gasteiger partial charge in [0.15, 0.2) is 0 Å². The second-order valence-electron chi connectivity index (χ2n) is 6.10. The molecule has 2 aromatic carbocycles. The molecule has 2 aromatic rings. The third-order valence-electron chi connectivity index (χ3n) is 4.32. The van der Waals surface area contributed by atoms with Crippen molar-refractivity contribution in [1.29, 1.82) is 0 Å². The van der Waals surface area contributed by atoms with Crippen LogP contribution in [0.3, 0.4) is 0 Å². The zero-order chi connectivity index (χ0) is 17.8. The van der Waals surface area contributed by atoms with Crippen molar-refractivity contribution in [3.05, 3.63) is 53.6 Å². The summed E-state index contributed by atoms with van der Waals surface area (Å²) in [5.41, 5.74) is 9.15. The molecule has 1 amide bonds. The van der Waals surface area contributed by atoms with E-state index >= 15 is 0 Å². The molecule has 25 heavy (non-hydrogen) atoms.